The Morgan fingerprint density at radius 3 is 2.34 bits per heavy atom. The number of carbonyl (C=O) groups is 2. The van der Waals surface area contributed by atoms with Crippen molar-refractivity contribution in [3.63, 3.8) is 0 Å². The third-order valence-electron chi connectivity index (χ3n) is 7.41. The molecule has 5 nitrogen and oxygen atoms in total. The number of ether oxygens (including phenoxy) is 1. The van der Waals surface area contributed by atoms with Gasteiger partial charge < -0.3 is 14.5 Å². The van der Waals surface area contributed by atoms with Crippen LogP contribution in [0.4, 0.5) is 5.69 Å². The zero-order valence-corrected chi connectivity index (χ0v) is 20.7. The third-order valence-corrected chi connectivity index (χ3v) is 7.41. The van der Waals surface area contributed by atoms with E-state index in [0.717, 1.165) is 53.3 Å². The molecule has 3 aliphatic rings. The van der Waals surface area contributed by atoms with Crippen molar-refractivity contribution in [1.82, 2.24) is 4.90 Å². The van der Waals surface area contributed by atoms with E-state index >= 15 is 0 Å². The number of ketones is 2. The standard InChI is InChI=1S/C30H32N2O3/c1-30(2)24-11-7-8-12-25(24)31(3)27(30)20-26(33)29(34)23-14-13-22(19-21-9-5-4-6-10-21)28(23)32-15-17-35-18-16-32/h4-12,19-20H,13-18H2,1-3H3/b22-19+,27-20-. The molecule has 0 N–H and O–H groups in total. The number of morpholine rings is 1. The van der Waals surface area contributed by atoms with Gasteiger partial charge in [0.05, 0.1) is 13.2 Å². The molecule has 1 aliphatic carbocycles. The molecule has 180 valence electrons. The first-order valence-electron chi connectivity index (χ1n) is 12.3. The summed E-state index contributed by atoms with van der Waals surface area (Å²) in [5, 5.41) is 0. The first-order chi connectivity index (χ1) is 16.9. The minimum absolute atomic E-state index is 0.350. The largest absolute Gasteiger partial charge is 0.378 e. The minimum atomic E-state index is -0.450. The lowest BCUT2D eigenvalue weighted by molar-refractivity contribution is -0.131. The molecule has 0 spiro atoms. The number of fused-ring (bicyclic) bond motifs is 1. The molecule has 2 aromatic carbocycles. The second kappa shape index (κ2) is 9.31. The van der Waals surface area contributed by atoms with Crippen molar-refractivity contribution in [2.45, 2.75) is 32.1 Å². The van der Waals surface area contributed by atoms with Crippen LogP contribution in [0.3, 0.4) is 0 Å². The smallest absolute Gasteiger partial charge is 0.231 e. The lowest BCUT2D eigenvalue weighted by Crippen LogP contribution is -2.36. The second-order valence-corrected chi connectivity index (χ2v) is 9.93. The Bertz CT molecular complexity index is 1250. The van der Waals surface area contributed by atoms with Crippen molar-refractivity contribution in [2.75, 3.05) is 38.3 Å². The molecule has 5 heteroatoms. The van der Waals surface area contributed by atoms with Gasteiger partial charge in [-0.15, -0.1) is 0 Å². The van der Waals surface area contributed by atoms with E-state index < -0.39 is 11.6 Å². The van der Waals surface area contributed by atoms with Crippen LogP contribution in [0.5, 0.6) is 0 Å². The molecule has 0 saturated carbocycles. The number of rotatable bonds is 5. The van der Waals surface area contributed by atoms with Gasteiger partial charge in [-0.3, -0.25) is 9.59 Å². The topological polar surface area (TPSA) is 49.9 Å². The van der Waals surface area contributed by atoms with E-state index in [1.165, 1.54) is 0 Å². The summed E-state index contributed by atoms with van der Waals surface area (Å²) in [4.78, 5) is 31.3. The lowest BCUT2D eigenvalue weighted by atomic mass is 9.83. The van der Waals surface area contributed by atoms with Crippen LogP contribution in [0.25, 0.3) is 6.08 Å². The number of Topliss-reactive ketones (excluding diaryl/α,β-unsaturated/α-hetero) is 1. The first-order valence-corrected chi connectivity index (χ1v) is 12.3. The average Bonchev–Trinajstić information content (AvgIpc) is 3.37. The van der Waals surface area contributed by atoms with E-state index in [1.807, 2.05) is 42.3 Å². The Hall–Kier alpha value is -3.44. The highest BCUT2D eigenvalue weighted by molar-refractivity contribution is 6.47. The van der Waals surface area contributed by atoms with Gasteiger partial charge >= 0.3 is 0 Å². The van der Waals surface area contributed by atoms with Crippen molar-refractivity contribution in [1.29, 1.82) is 0 Å². The van der Waals surface area contributed by atoms with Gasteiger partial charge in [0.2, 0.25) is 11.6 Å². The lowest BCUT2D eigenvalue weighted by Gasteiger charge is -2.31. The molecule has 0 bridgehead atoms. The second-order valence-electron chi connectivity index (χ2n) is 9.93. The maximum Gasteiger partial charge on any atom is 0.231 e. The van der Waals surface area contributed by atoms with E-state index in [1.54, 1.807) is 6.08 Å². The van der Waals surface area contributed by atoms with E-state index in [-0.39, 0.29) is 5.41 Å². The average molecular weight is 469 g/mol. The Labute approximate surface area is 207 Å². The van der Waals surface area contributed by atoms with E-state index in [9.17, 15) is 9.59 Å². The Balaban J connectivity index is 1.50. The van der Waals surface area contributed by atoms with Crippen LogP contribution < -0.4 is 4.90 Å². The molecule has 1 fully saturated rings. The summed E-state index contributed by atoms with van der Waals surface area (Å²) in [5.41, 5.74) is 6.51. The maximum absolute atomic E-state index is 13.6. The first kappa shape index (κ1) is 23.3. The van der Waals surface area contributed by atoms with Gasteiger partial charge in [0.15, 0.2) is 0 Å². The number of hydrogen-bond donors (Lipinski definition) is 0. The van der Waals surface area contributed by atoms with Crippen molar-refractivity contribution < 1.29 is 14.3 Å². The molecule has 35 heavy (non-hydrogen) atoms. The van der Waals surface area contributed by atoms with Crippen molar-refractivity contribution in [2.24, 2.45) is 0 Å². The summed E-state index contributed by atoms with van der Waals surface area (Å²) in [6.07, 6.45) is 5.05. The molecule has 0 aromatic heterocycles. The normalized spacial score (nSPS) is 21.7. The quantitative estimate of drug-likeness (QED) is 0.462. The third kappa shape index (κ3) is 4.25. The monoisotopic (exact) mass is 468 g/mol. The van der Waals surface area contributed by atoms with Gasteiger partial charge in [-0.25, -0.2) is 0 Å². The van der Waals surface area contributed by atoms with Crippen molar-refractivity contribution >= 4 is 23.3 Å². The van der Waals surface area contributed by atoms with Crippen LogP contribution >= 0.6 is 0 Å². The molecule has 2 heterocycles. The van der Waals surface area contributed by atoms with Gasteiger partial charge in [0, 0.05) is 54.3 Å². The molecule has 5 rings (SSSR count). The van der Waals surface area contributed by atoms with Gasteiger partial charge in [0.1, 0.15) is 0 Å². The molecule has 0 atom stereocenters. The molecule has 2 aromatic rings. The predicted molar refractivity (Wildman–Crippen MR) is 139 cm³/mol. The number of likely N-dealkylation sites (N-methyl/N-ethyl adjacent to an activating group) is 1. The number of anilines is 1. The summed E-state index contributed by atoms with van der Waals surface area (Å²) >= 11 is 0. The van der Waals surface area contributed by atoms with Gasteiger partial charge in [-0.1, -0.05) is 62.4 Å². The van der Waals surface area contributed by atoms with E-state index in [2.05, 4.69) is 49.1 Å². The van der Waals surface area contributed by atoms with Crippen molar-refractivity contribution in [3.8, 4) is 0 Å². The maximum atomic E-state index is 13.6. The fraction of sp³-hybridized carbons (Fsp3) is 0.333. The molecule has 2 aliphatic heterocycles. The molecular weight excluding hydrogens is 436 g/mol. The van der Waals surface area contributed by atoms with Crippen LogP contribution in [-0.2, 0) is 19.7 Å². The Morgan fingerprint density at radius 1 is 0.943 bits per heavy atom. The zero-order valence-electron chi connectivity index (χ0n) is 20.7. The Kier molecular flexibility index (Phi) is 6.20. The number of benzene rings is 2. The number of allylic oxidation sites excluding steroid dienone is 4. The molecular formula is C30H32N2O3. The fourth-order valence-corrected chi connectivity index (χ4v) is 5.58. The Morgan fingerprint density at radius 2 is 1.63 bits per heavy atom. The molecule has 0 radical (unpaired) electrons. The summed E-state index contributed by atoms with van der Waals surface area (Å²) in [5.74, 6) is -0.843. The minimum Gasteiger partial charge on any atom is -0.378 e. The van der Waals surface area contributed by atoms with Gasteiger partial charge in [0.25, 0.3) is 0 Å². The SMILES string of the molecule is CN1/C(=C\C(=O)C(=O)C2=C(N3CCOCC3)/C(=C/c3ccccc3)CC2)C(C)(C)c2ccccc21. The van der Waals surface area contributed by atoms with Crippen LogP contribution in [0.15, 0.2) is 83.2 Å². The molecule has 0 unspecified atom stereocenters. The highest BCUT2D eigenvalue weighted by Crippen LogP contribution is 2.46. The van der Waals surface area contributed by atoms with Crippen LogP contribution in [0, 0.1) is 0 Å². The van der Waals surface area contributed by atoms with Crippen LogP contribution in [0.1, 0.15) is 37.8 Å². The van der Waals surface area contributed by atoms with Gasteiger partial charge in [-0.2, -0.15) is 0 Å². The number of hydrogen-bond acceptors (Lipinski definition) is 5. The summed E-state index contributed by atoms with van der Waals surface area (Å²) in [6, 6.07) is 18.3. The predicted octanol–water partition coefficient (Wildman–Crippen LogP) is 4.90. The summed E-state index contributed by atoms with van der Waals surface area (Å²) in [6.45, 7) is 6.90. The highest BCUT2D eigenvalue weighted by atomic mass is 16.5. The van der Waals surface area contributed by atoms with Crippen LogP contribution in [-0.4, -0.2) is 49.8 Å². The number of nitrogens with zero attached hydrogens (tertiary/aromatic N) is 2. The highest BCUT2D eigenvalue weighted by Gasteiger charge is 2.40. The van der Waals surface area contributed by atoms with Crippen LogP contribution in [0.2, 0.25) is 0 Å². The zero-order chi connectivity index (χ0) is 24.6. The molecule has 0 amide bonds. The summed E-state index contributed by atoms with van der Waals surface area (Å²) < 4.78 is 5.56. The van der Waals surface area contributed by atoms with Crippen molar-refractivity contribution in [3.05, 3.63) is 94.3 Å². The summed E-state index contributed by atoms with van der Waals surface area (Å²) in [7, 11) is 1.96. The van der Waals surface area contributed by atoms with E-state index in [4.69, 9.17) is 4.74 Å². The van der Waals surface area contributed by atoms with Gasteiger partial charge in [-0.05, 0) is 41.7 Å². The molecule has 1 saturated heterocycles. The van der Waals surface area contributed by atoms with E-state index in [0.29, 0.717) is 25.2 Å². The fourth-order valence-electron chi connectivity index (χ4n) is 5.58. The number of para-hydroxylation sites is 1. The number of carbonyl (C=O) groups excluding carboxylic acids is 2.